The Hall–Kier alpha value is -1.02. The molecule has 0 aliphatic heterocycles. The molecule has 0 aliphatic rings. The number of nitrogens with zero attached hydrogens (tertiary/aromatic N) is 1. The van der Waals surface area contributed by atoms with E-state index < -0.39 is 20.0 Å². The van der Waals surface area contributed by atoms with Crippen LogP contribution < -0.4 is 10.2 Å². The van der Waals surface area contributed by atoms with Gasteiger partial charge in [0.25, 0.3) is 7.82 Å². The number of carbonyl (C=O) groups excluding carboxylic acids is 1. The summed E-state index contributed by atoms with van der Waals surface area (Å²) in [7, 11) is 1.32. The van der Waals surface area contributed by atoms with Crippen molar-refractivity contribution in [2.24, 2.45) is 0 Å². The average molecular weight is 996 g/mol. The third kappa shape index (κ3) is 54.6. The highest BCUT2D eigenvalue weighted by molar-refractivity contribution is 7.45. The zero-order valence-corrected chi connectivity index (χ0v) is 47.7. The van der Waals surface area contributed by atoms with E-state index in [1.54, 1.807) is 0 Å². The summed E-state index contributed by atoms with van der Waals surface area (Å²) >= 11 is 0. The molecule has 410 valence electrons. The Morgan fingerprint density at radius 1 is 0.507 bits per heavy atom. The lowest BCUT2D eigenvalue weighted by atomic mass is 10.0. The molecule has 0 radical (unpaired) electrons. The van der Waals surface area contributed by atoms with Crippen molar-refractivity contribution in [1.82, 2.24) is 5.32 Å². The number of quaternary nitrogens is 1. The van der Waals surface area contributed by atoms with Gasteiger partial charge in [-0.1, -0.05) is 276 Å². The summed E-state index contributed by atoms with van der Waals surface area (Å²) < 4.78 is 23.4. The molecule has 0 spiro atoms. The van der Waals surface area contributed by atoms with Gasteiger partial charge in [-0.25, -0.2) is 0 Å². The predicted molar refractivity (Wildman–Crippen MR) is 298 cm³/mol. The minimum atomic E-state index is -4.57. The quantitative estimate of drug-likeness (QED) is 0.0272. The van der Waals surface area contributed by atoms with Crippen molar-refractivity contribution in [3.05, 3.63) is 24.3 Å². The van der Waals surface area contributed by atoms with E-state index in [-0.39, 0.29) is 19.1 Å². The van der Waals surface area contributed by atoms with Gasteiger partial charge in [-0.2, -0.15) is 0 Å². The molecule has 0 heterocycles. The fourth-order valence-corrected chi connectivity index (χ4v) is 9.91. The molecule has 0 rings (SSSR count). The van der Waals surface area contributed by atoms with Crippen LogP contribution in [0.3, 0.4) is 0 Å². The van der Waals surface area contributed by atoms with Crippen LogP contribution in [0.2, 0.25) is 0 Å². The Morgan fingerprint density at radius 3 is 1.20 bits per heavy atom. The van der Waals surface area contributed by atoms with Crippen LogP contribution in [-0.4, -0.2) is 68.5 Å². The number of phosphoric ester groups is 1. The molecule has 1 amide bonds. The molecular weight excluding hydrogens is 876 g/mol. The monoisotopic (exact) mass is 995 g/mol. The van der Waals surface area contributed by atoms with Gasteiger partial charge in [0.05, 0.1) is 39.9 Å². The van der Waals surface area contributed by atoms with Crippen LogP contribution in [0.15, 0.2) is 24.3 Å². The number of unbranched alkanes of at least 4 members (excludes halogenated alkanes) is 39. The van der Waals surface area contributed by atoms with Gasteiger partial charge in [0.15, 0.2) is 0 Å². The fourth-order valence-electron chi connectivity index (χ4n) is 9.19. The van der Waals surface area contributed by atoms with Crippen LogP contribution in [0.25, 0.3) is 0 Å². The highest BCUT2D eigenvalue weighted by Crippen LogP contribution is 2.38. The SMILES string of the molecule is CCCCCCC/C=C\C/C=C\CCCCCCCCCCCCCCCCCCCC(=O)NC(COP(=O)([O-])OCC[N+](C)(C)C)C(O)CCCCCCCCCCCCCCCCCCCC. The highest BCUT2D eigenvalue weighted by Gasteiger charge is 2.24. The normalized spacial score (nSPS) is 14.0. The zero-order valence-electron chi connectivity index (χ0n) is 46.8. The first-order valence-corrected chi connectivity index (χ1v) is 31.6. The first kappa shape index (κ1) is 68.0. The lowest BCUT2D eigenvalue weighted by molar-refractivity contribution is -0.870. The molecule has 69 heavy (non-hydrogen) atoms. The smallest absolute Gasteiger partial charge is 0.268 e. The fraction of sp³-hybridized carbons (Fsp3) is 0.917. The zero-order chi connectivity index (χ0) is 50.6. The van der Waals surface area contributed by atoms with Crippen LogP contribution >= 0.6 is 7.82 Å². The number of nitrogens with one attached hydrogen (secondary N) is 1. The third-order valence-electron chi connectivity index (χ3n) is 13.9. The minimum absolute atomic E-state index is 0.0145. The van der Waals surface area contributed by atoms with Gasteiger partial charge in [0.2, 0.25) is 5.91 Å². The van der Waals surface area contributed by atoms with Crippen LogP contribution in [-0.2, 0) is 18.4 Å². The van der Waals surface area contributed by atoms with Gasteiger partial charge in [-0.3, -0.25) is 9.36 Å². The van der Waals surface area contributed by atoms with Crippen molar-refractivity contribution < 1.29 is 32.9 Å². The first-order chi connectivity index (χ1) is 33.5. The van der Waals surface area contributed by atoms with Gasteiger partial charge < -0.3 is 28.8 Å². The van der Waals surface area contributed by atoms with Crippen molar-refractivity contribution in [3.63, 3.8) is 0 Å². The number of aliphatic hydroxyl groups is 1. The number of aliphatic hydroxyl groups excluding tert-OH is 1. The van der Waals surface area contributed by atoms with Gasteiger partial charge in [-0.15, -0.1) is 0 Å². The van der Waals surface area contributed by atoms with Crippen LogP contribution in [0.1, 0.15) is 303 Å². The minimum Gasteiger partial charge on any atom is -0.756 e. The molecule has 0 saturated heterocycles. The van der Waals surface area contributed by atoms with E-state index in [9.17, 15) is 19.4 Å². The molecule has 0 fully saturated rings. The maximum absolute atomic E-state index is 13.0. The second kappa shape index (κ2) is 51.9. The Balaban J connectivity index is 4.07. The van der Waals surface area contributed by atoms with E-state index in [0.717, 1.165) is 44.9 Å². The van der Waals surface area contributed by atoms with Gasteiger partial charge in [-0.05, 0) is 44.9 Å². The van der Waals surface area contributed by atoms with E-state index in [4.69, 9.17) is 9.05 Å². The summed E-state index contributed by atoms with van der Waals surface area (Å²) in [6.45, 7) is 4.75. The molecule has 8 nitrogen and oxygen atoms in total. The molecule has 2 N–H and O–H groups in total. The van der Waals surface area contributed by atoms with Crippen molar-refractivity contribution in [3.8, 4) is 0 Å². The Labute approximate surface area is 430 Å². The molecule has 0 aromatic rings. The maximum Gasteiger partial charge on any atom is 0.268 e. The summed E-state index contributed by atoms with van der Waals surface area (Å²) in [5, 5.41) is 14.0. The van der Waals surface area contributed by atoms with Crippen molar-refractivity contribution in [1.29, 1.82) is 0 Å². The summed E-state index contributed by atoms with van der Waals surface area (Å²) in [6, 6.07) is -0.798. The molecule has 3 unspecified atom stereocenters. The standard InChI is InChI=1S/C60H119N2O6P/c1-6-8-10-12-14-16-18-20-22-24-26-27-28-29-30-31-32-33-34-35-36-38-40-42-44-46-48-50-52-54-60(64)61-58(57-68-69(65,66)67-56-55-62(3,4)5)59(63)53-51-49-47-45-43-41-39-37-25-23-21-19-17-15-13-11-9-7-2/h18,20,24,26,58-59,63H,6-17,19,21-23,25,27-57H2,1-5H3,(H-,61,64,65,66)/b20-18-,26-24-. The average Bonchev–Trinajstić information content (AvgIpc) is 3.31. The number of likely N-dealkylation sites (N-methyl/N-ethyl adjacent to an activating group) is 1. The Kier molecular flexibility index (Phi) is 51.1. The van der Waals surface area contributed by atoms with E-state index in [0.29, 0.717) is 23.9 Å². The predicted octanol–water partition coefficient (Wildman–Crippen LogP) is 17.7. The number of allylic oxidation sites excluding steroid dienone is 4. The molecule has 0 saturated carbocycles. The van der Waals surface area contributed by atoms with Gasteiger partial charge in [0, 0.05) is 6.42 Å². The van der Waals surface area contributed by atoms with E-state index >= 15 is 0 Å². The van der Waals surface area contributed by atoms with Crippen molar-refractivity contribution >= 4 is 13.7 Å². The van der Waals surface area contributed by atoms with E-state index in [2.05, 4.69) is 43.5 Å². The van der Waals surface area contributed by atoms with E-state index in [1.807, 2.05) is 21.1 Å². The summed E-state index contributed by atoms with van der Waals surface area (Å²) in [5.41, 5.74) is 0. The number of hydrogen-bond acceptors (Lipinski definition) is 6. The number of phosphoric acid groups is 1. The molecule has 3 atom stereocenters. The lowest BCUT2D eigenvalue weighted by Gasteiger charge is -2.30. The third-order valence-corrected chi connectivity index (χ3v) is 14.9. The molecule has 0 aromatic heterocycles. The second-order valence-corrected chi connectivity index (χ2v) is 23.5. The number of hydrogen-bond donors (Lipinski definition) is 2. The summed E-state index contributed by atoms with van der Waals surface area (Å²) in [5.74, 6) is -0.159. The van der Waals surface area contributed by atoms with Crippen molar-refractivity contribution in [2.75, 3.05) is 40.9 Å². The molecule has 0 aromatic carbocycles. The molecule has 9 heteroatoms. The molecular formula is C60H119N2O6P. The van der Waals surface area contributed by atoms with Crippen LogP contribution in [0.4, 0.5) is 0 Å². The Bertz CT molecular complexity index is 1170. The number of carbonyl (C=O) groups is 1. The maximum atomic E-state index is 13.0. The molecule has 0 bridgehead atoms. The van der Waals surface area contributed by atoms with Gasteiger partial charge >= 0.3 is 0 Å². The summed E-state index contributed by atoms with van der Waals surface area (Å²) in [6.07, 6.45) is 65.0. The van der Waals surface area contributed by atoms with E-state index in [1.165, 1.54) is 231 Å². The van der Waals surface area contributed by atoms with Crippen LogP contribution in [0.5, 0.6) is 0 Å². The van der Waals surface area contributed by atoms with Gasteiger partial charge in [0.1, 0.15) is 13.2 Å². The van der Waals surface area contributed by atoms with Crippen molar-refractivity contribution in [2.45, 2.75) is 315 Å². The molecule has 0 aliphatic carbocycles. The second-order valence-electron chi connectivity index (χ2n) is 22.1. The highest BCUT2D eigenvalue weighted by atomic mass is 31.2. The number of rotatable bonds is 56. The Morgan fingerprint density at radius 2 is 0.841 bits per heavy atom. The number of amides is 1. The van der Waals surface area contributed by atoms with Crippen LogP contribution in [0, 0.1) is 0 Å². The topological polar surface area (TPSA) is 108 Å². The lowest BCUT2D eigenvalue weighted by Crippen LogP contribution is -2.46. The summed E-state index contributed by atoms with van der Waals surface area (Å²) in [4.78, 5) is 25.6. The largest absolute Gasteiger partial charge is 0.756 e. The first-order valence-electron chi connectivity index (χ1n) is 30.2.